The third kappa shape index (κ3) is 4.00. The molecule has 1 aliphatic heterocycles. The molecule has 0 aromatic heterocycles. The van der Waals surface area contributed by atoms with E-state index in [9.17, 15) is 13.8 Å². The second-order valence-electron chi connectivity index (χ2n) is 5.89. The average molecular weight is 372 g/mol. The Morgan fingerprint density at radius 3 is 2.73 bits per heavy atom. The minimum atomic E-state index is -1.40. The number of ether oxygens (including phenoxy) is 1. The predicted molar refractivity (Wildman–Crippen MR) is 99.6 cm³/mol. The van der Waals surface area contributed by atoms with E-state index in [0.717, 1.165) is 5.56 Å². The second kappa shape index (κ2) is 8.25. The highest BCUT2D eigenvalue weighted by Gasteiger charge is 2.30. The summed E-state index contributed by atoms with van der Waals surface area (Å²) in [5.41, 5.74) is 1.92. The van der Waals surface area contributed by atoms with Gasteiger partial charge in [-0.3, -0.25) is 13.8 Å². The van der Waals surface area contributed by atoms with E-state index in [-0.39, 0.29) is 17.6 Å². The van der Waals surface area contributed by atoms with Crippen LogP contribution < -0.4 is 10.2 Å². The van der Waals surface area contributed by atoms with Crippen LogP contribution in [0.1, 0.15) is 15.9 Å². The van der Waals surface area contributed by atoms with E-state index in [1.807, 2.05) is 30.3 Å². The average Bonchev–Trinajstić information content (AvgIpc) is 2.65. The molecule has 136 valence electrons. The van der Waals surface area contributed by atoms with Crippen LogP contribution >= 0.6 is 0 Å². The van der Waals surface area contributed by atoms with Crippen molar-refractivity contribution in [3.63, 3.8) is 0 Å². The molecule has 1 heterocycles. The van der Waals surface area contributed by atoms with Gasteiger partial charge in [-0.15, -0.1) is 0 Å². The van der Waals surface area contributed by atoms with Crippen LogP contribution in [0.25, 0.3) is 0 Å². The van der Waals surface area contributed by atoms with Crippen molar-refractivity contribution in [1.82, 2.24) is 5.32 Å². The smallest absolute Gasteiger partial charge is 0.251 e. The molecular weight excluding hydrogens is 352 g/mol. The van der Waals surface area contributed by atoms with Crippen LogP contribution in [0, 0.1) is 0 Å². The van der Waals surface area contributed by atoms with Gasteiger partial charge in [0.25, 0.3) is 5.91 Å². The van der Waals surface area contributed by atoms with E-state index in [4.69, 9.17) is 4.74 Å². The molecule has 0 fully saturated rings. The van der Waals surface area contributed by atoms with Crippen molar-refractivity contribution < 1.29 is 18.5 Å². The fraction of sp³-hybridized carbons (Fsp3) is 0.263. The number of amides is 2. The van der Waals surface area contributed by atoms with Crippen LogP contribution in [-0.2, 0) is 26.9 Å². The molecule has 2 aromatic carbocycles. The van der Waals surface area contributed by atoms with Gasteiger partial charge in [0.05, 0.1) is 34.5 Å². The number of nitrogens with one attached hydrogen (secondary N) is 1. The summed E-state index contributed by atoms with van der Waals surface area (Å²) >= 11 is 0. The lowest BCUT2D eigenvalue weighted by molar-refractivity contribution is -0.116. The van der Waals surface area contributed by atoms with Crippen molar-refractivity contribution in [2.75, 3.05) is 30.9 Å². The Morgan fingerprint density at radius 2 is 2.00 bits per heavy atom. The summed E-state index contributed by atoms with van der Waals surface area (Å²) in [4.78, 5) is 26.9. The van der Waals surface area contributed by atoms with E-state index in [0.29, 0.717) is 35.8 Å². The van der Waals surface area contributed by atoms with Crippen LogP contribution in [-0.4, -0.2) is 42.0 Å². The molecule has 0 bridgehead atoms. The summed E-state index contributed by atoms with van der Waals surface area (Å²) in [7, 11) is 0.168. The van der Waals surface area contributed by atoms with Gasteiger partial charge in [0.15, 0.2) is 0 Å². The Balaban J connectivity index is 1.90. The number of anilines is 1. The fourth-order valence-electron chi connectivity index (χ4n) is 2.77. The normalized spacial score (nSPS) is 16.3. The van der Waals surface area contributed by atoms with Crippen LogP contribution in [0.5, 0.6) is 0 Å². The van der Waals surface area contributed by atoms with Gasteiger partial charge in [0, 0.05) is 19.2 Å². The number of carbonyl (C=O) groups excluding carboxylic acids is 2. The predicted octanol–water partition coefficient (Wildman–Crippen LogP) is 1.72. The van der Waals surface area contributed by atoms with Crippen molar-refractivity contribution in [2.24, 2.45) is 0 Å². The lowest BCUT2D eigenvalue weighted by Gasteiger charge is -2.29. The summed E-state index contributed by atoms with van der Waals surface area (Å²) in [6.45, 7) is 1.18. The van der Waals surface area contributed by atoms with Crippen LogP contribution in [0.2, 0.25) is 0 Å². The molecule has 2 amide bonds. The standard InChI is InChI=1S/C19H20N2O4S/c1-25-10-9-20-19(23)15-7-8-17-16(11-15)21(18(22)13-26(17)24)12-14-5-3-2-4-6-14/h2-8,11H,9-10,12-13H2,1H3,(H,20,23)/t26-/m1/s1. The summed E-state index contributed by atoms with van der Waals surface area (Å²) in [5.74, 6) is -0.510. The van der Waals surface area contributed by atoms with Gasteiger partial charge in [-0.05, 0) is 23.8 Å². The molecule has 0 aliphatic carbocycles. The number of benzene rings is 2. The molecule has 0 saturated carbocycles. The Kier molecular flexibility index (Phi) is 5.80. The molecule has 1 aliphatic rings. The van der Waals surface area contributed by atoms with Gasteiger partial charge >= 0.3 is 0 Å². The first-order valence-corrected chi connectivity index (χ1v) is 9.56. The Bertz CT molecular complexity index is 839. The highest BCUT2D eigenvalue weighted by molar-refractivity contribution is 7.86. The molecule has 7 heteroatoms. The van der Waals surface area contributed by atoms with Crippen LogP contribution in [0.15, 0.2) is 53.4 Å². The zero-order chi connectivity index (χ0) is 18.5. The number of hydrogen-bond acceptors (Lipinski definition) is 4. The van der Waals surface area contributed by atoms with E-state index in [2.05, 4.69) is 5.32 Å². The monoisotopic (exact) mass is 372 g/mol. The summed E-state index contributed by atoms with van der Waals surface area (Å²) in [5, 5.41) is 2.75. The highest BCUT2D eigenvalue weighted by Crippen LogP contribution is 2.31. The molecule has 2 aromatic rings. The number of hydrogen-bond donors (Lipinski definition) is 1. The van der Waals surface area contributed by atoms with E-state index < -0.39 is 10.8 Å². The van der Waals surface area contributed by atoms with Gasteiger partial charge in [0.2, 0.25) is 5.91 Å². The molecule has 1 N–H and O–H groups in total. The lowest BCUT2D eigenvalue weighted by atomic mass is 10.1. The number of rotatable bonds is 6. The van der Waals surface area contributed by atoms with Crippen LogP contribution in [0.4, 0.5) is 5.69 Å². The zero-order valence-corrected chi connectivity index (χ0v) is 15.3. The number of fused-ring (bicyclic) bond motifs is 1. The molecule has 3 rings (SSSR count). The highest BCUT2D eigenvalue weighted by atomic mass is 32.2. The third-order valence-corrected chi connectivity index (χ3v) is 5.43. The molecule has 0 saturated heterocycles. The topological polar surface area (TPSA) is 75.7 Å². The van der Waals surface area contributed by atoms with E-state index >= 15 is 0 Å². The first-order chi connectivity index (χ1) is 12.6. The fourth-order valence-corrected chi connectivity index (χ4v) is 3.93. The minimum Gasteiger partial charge on any atom is -0.383 e. The van der Waals surface area contributed by atoms with Gasteiger partial charge in [-0.2, -0.15) is 0 Å². The minimum absolute atomic E-state index is 0.0424. The van der Waals surface area contributed by atoms with Gasteiger partial charge < -0.3 is 15.0 Å². The second-order valence-corrected chi connectivity index (χ2v) is 7.31. The maximum absolute atomic E-state index is 12.5. The lowest BCUT2D eigenvalue weighted by Crippen LogP contribution is -2.38. The molecule has 1 atom stereocenters. The first kappa shape index (κ1) is 18.3. The summed E-state index contributed by atoms with van der Waals surface area (Å²) in [6, 6.07) is 14.5. The number of nitrogens with zero attached hydrogens (tertiary/aromatic N) is 1. The molecule has 6 nitrogen and oxygen atoms in total. The summed E-state index contributed by atoms with van der Waals surface area (Å²) in [6.07, 6.45) is 0. The molecule has 0 radical (unpaired) electrons. The maximum atomic E-state index is 12.5. The van der Waals surface area contributed by atoms with Crippen molar-refractivity contribution in [3.05, 3.63) is 59.7 Å². The van der Waals surface area contributed by atoms with Crippen molar-refractivity contribution in [2.45, 2.75) is 11.4 Å². The molecule has 0 spiro atoms. The van der Waals surface area contributed by atoms with Gasteiger partial charge in [0.1, 0.15) is 5.75 Å². The number of carbonyl (C=O) groups is 2. The number of methoxy groups -OCH3 is 1. The van der Waals surface area contributed by atoms with Gasteiger partial charge in [-0.25, -0.2) is 0 Å². The molecule has 0 unspecified atom stereocenters. The quantitative estimate of drug-likeness (QED) is 0.784. The molecule has 26 heavy (non-hydrogen) atoms. The van der Waals surface area contributed by atoms with E-state index in [1.165, 1.54) is 0 Å². The largest absolute Gasteiger partial charge is 0.383 e. The molecular formula is C19H20N2O4S. The summed E-state index contributed by atoms with van der Waals surface area (Å²) < 4.78 is 17.3. The zero-order valence-electron chi connectivity index (χ0n) is 14.4. The van der Waals surface area contributed by atoms with Crippen molar-refractivity contribution in [3.8, 4) is 0 Å². The third-order valence-electron chi connectivity index (χ3n) is 4.09. The Hall–Kier alpha value is -2.51. The SMILES string of the molecule is COCCNC(=O)c1ccc2c(c1)N(Cc1ccccc1)C(=O)C[S@]2=O. The van der Waals surface area contributed by atoms with Gasteiger partial charge in [-0.1, -0.05) is 30.3 Å². The Morgan fingerprint density at radius 1 is 1.23 bits per heavy atom. The maximum Gasteiger partial charge on any atom is 0.251 e. The van der Waals surface area contributed by atoms with Crippen molar-refractivity contribution >= 4 is 28.3 Å². The van der Waals surface area contributed by atoms with Crippen LogP contribution in [0.3, 0.4) is 0 Å². The van der Waals surface area contributed by atoms with E-state index in [1.54, 1.807) is 30.2 Å². The van der Waals surface area contributed by atoms with Crippen molar-refractivity contribution in [1.29, 1.82) is 0 Å². The Labute approximate surface area is 154 Å². The first-order valence-electron chi connectivity index (χ1n) is 8.24.